The summed E-state index contributed by atoms with van der Waals surface area (Å²) in [5, 5.41) is 9.03. The van der Waals surface area contributed by atoms with Crippen LogP contribution >= 0.6 is 23.4 Å². The van der Waals surface area contributed by atoms with Crippen LogP contribution in [0.25, 0.3) is 0 Å². The summed E-state index contributed by atoms with van der Waals surface area (Å²) in [6.07, 6.45) is 2.59. The van der Waals surface area contributed by atoms with Crippen molar-refractivity contribution in [1.82, 2.24) is 19.8 Å². The van der Waals surface area contributed by atoms with Gasteiger partial charge in [0, 0.05) is 36.8 Å². The maximum Gasteiger partial charge on any atom is 0.407 e. The molecule has 2 aliphatic heterocycles. The zero-order valence-electron chi connectivity index (χ0n) is 19.6. The van der Waals surface area contributed by atoms with E-state index in [2.05, 4.69) is 15.0 Å². The number of hydrogen-bond acceptors (Lipinski definition) is 8. The monoisotopic (exact) mass is 518 g/mol. The van der Waals surface area contributed by atoms with Crippen LogP contribution in [0.1, 0.15) is 37.9 Å². The highest BCUT2D eigenvalue weighted by atomic mass is 35.5. The zero-order chi connectivity index (χ0) is 25.4. The molecular formula is C23H24ClFN6O3S. The van der Waals surface area contributed by atoms with Crippen molar-refractivity contribution in [3.05, 3.63) is 46.4 Å². The summed E-state index contributed by atoms with van der Waals surface area (Å²) >= 11 is 7.58. The first-order valence-electron chi connectivity index (χ1n) is 11.0. The topological polar surface area (TPSA) is 102 Å². The van der Waals surface area contributed by atoms with Gasteiger partial charge in [-0.3, -0.25) is 9.88 Å². The number of carbonyl (C=O) groups is 1. The van der Waals surface area contributed by atoms with Gasteiger partial charge in [0.2, 0.25) is 5.82 Å². The number of carboxylic acid groups (broad SMARTS) is 1. The Kier molecular flexibility index (Phi) is 7.02. The standard InChI is InChI=1S/C23H24ClFN6O3S/c1-12(2)18-19(16(35-4)5-6-26-18)31-17(11-32)27-21(14-9-15(25)20(24)28-22(14)31)30-8-7-29(23(33)34)10-13(30)3/h5-6,9,12-13H,7-8,10H2,1-4H3,(H,33,34)/t13-/m0/s1. The maximum absolute atomic E-state index is 14.7. The molecule has 1 fully saturated rings. The van der Waals surface area contributed by atoms with Gasteiger partial charge < -0.3 is 14.9 Å². The molecule has 0 saturated carbocycles. The molecule has 1 saturated heterocycles. The molecule has 0 aliphatic carbocycles. The third-order valence-corrected chi connectivity index (χ3v) is 6.99. The highest BCUT2D eigenvalue weighted by molar-refractivity contribution is 7.98. The molecule has 2 aromatic rings. The van der Waals surface area contributed by atoms with Crippen molar-refractivity contribution in [2.75, 3.05) is 30.8 Å². The van der Waals surface area contributed by atoms with Crippen LogP contribution in [-0.2, 0) is 4.79 Å². The molecule has 0 aromatic carbocycles. The molecule has 0 spiro atoms. The fraction of sp³-hybridized carbons (Fsp3) is 0.391. The Morgan fingerprint density at radius 3 is 2.71 bits per heavy atom. The molecule has 0 radical (unpaired) electrons. The molecule has 4 rings (SSSR count). The molecule has 9 nitrogen and oxygen atoms in total. The Labute approximate surface area is 211 Å². The van der Waals surface area contributed by atoms with Gasteiger partial charge >= 0.3 is 6.09 Å². The lowest BCUT2D eigenvalue weighted by molar-refractivity contribution is 0.106. The van der Waals surface area contributed by atoms with Crippen LogP contribution in [0.3, 0.4) is 0 Å². The smallest absolute Gasteiger partial charge is 0.407 e. The number of rotatable bonds is 3. The summed E-state index contributed by atoms with van der Waals surface area (Å²) in [4.78, 5) is 42.7. The van der Waals surface area contributed by atoms with Crippen molar-refractivity contribution in [3.63, 3.8) is 0 Å². The fourth-order valence-electron chi connectivity index (χ4n) is 4.31. The van der Waals surface area contributed by atoms with Gasteiger partial charge in [0.1, 0.15) is 5.84 Å². The van der Waals surface area contributed by atoms with E-state index in [0.29, 0.717) is 29.3 Å². The first-order chi connectivity index (χ1) is 16.7. The van der Waals surface area contributed by atoms with Crippen molar-refractivity contribution in [1.29, 1.82) is 0 Å². The second-order valence-electron chi connectivity index (χ2n) is 8.50. The summed E-state index contributed by atoms with van der Waals surface area (Å²) in [6.45, 7) is 6.58. The van der Waals surface area contributed by atoms with E-state index in [0.717, 1.165) is 4.90 Å². The van der Waals surface area contributed by atoms with E-state index in [-0.39, 0.29) is 41.8 Å². The normalized spacial score (nSPS) is 17.9. The second-order valence-corrected chi connectivity index (χ2v) is 9.71. The van der Waals surface area contributed by atoms with Crippen molar-refractivity contribution in [2.45, 2.75) is 37.6 Å². The van der Waals surface area contributed by atoms with Gasteiger partial charge in [0.15, 0.2) is 22.7 Å². The molecule has 1 amide bonds. The number of nitrogens with zero attached hydrogens (tertiary/aromatic N) is 6. The average molecular weight is 519 g/mol. The summed E-state index contributed by atoms with van der Waals surface area (Å²) in [6, 6.07) is 2.79. The summed E-state index contributed by atoms with van der Waals surface area (Å²) in [5.41, 5.74) is 1.66. The average Bonchev–Trinajstić information content (AvgIpc) is 2.83. The lowest BCUT2D eigenvalue weighted by Gasteiger charge is -2.42. The lowest BCUT2D eigenvalue weighted by atomic mass is 10.0. The molecule has 0 unspecified atom stereocenters. The van der Waals surface area contributed by atoms with Gasteiger partial charge in [0.05, 0.1) is 16.9 Å². The number of thioether (sulfide) groups is 1. The first-order valence-corrected chi connectivity index (χ1v) is 12.6. The molecule has 2 aliphatic rings. The Hall–Kier alpha value is -3.14. The molecule has 12 heteroatoms. The van der Waals surface area contributed by atoms with Crippen LogP contribution in [0.5, 0.6) is 0 Å². The number of pyridine rings is 2. The lowest BCUT2D eigenvalue weighted by Crippen LogP contribution is -2.56. The van der Waals surface area contributed by atoms with Gasteiger partial charge in [-0.15, -0.1) is 11.8 Å². The van der Waals surface area contributed by atoms with Crippen LogP contribution < -0.4 is 4.90 Å². The van der Waals surface area contributed by atoms with Crippen molar-refractivity contribution in [2.24, 2.45) is 4.99 Å². The van der Waals surface area contributed by atoms with E-state index in [1.807, 2.05) is 43.9 Å². The molecule has 0 bridgehead atoms. The second kappa shape index (κ2) is 9.85. The van der Waals surface area contributed by atoms with Crippen LogP contribution in [0.2, 0.25) is 5.15 Å². The number of halogens is 2. The predicted octanol–water partition coefficient (Wildman–Crippen LogP) is 4.37. The van der Waals surface area contributed by atoms with Gasteiger partial charge in [-0.05, 0) is 31.2 Å². The zero-order valence-corrected chi connectivity index (χ0v) is 21.2. The third kappa shape index (κ3) is 4.47. The van der Waals surface area contributed by atoms with Gasteiger partial charge in [-0.2, -0.15) is 0 Å². The minimum atomic E-state index is -1.01. The minimum absolute atomic E-state index is 0.00105. The Bertz CT molecular complexity index is 1270. The highest BCUT2D eigenvalue weighted by Gasteiger charge is 2.37. The molecule has 2 aromatic heterocycles. The molecule has 35 heavy (non-hydrogen) atoms. The number of aliphatic imine (C=N–C) groups is 1. The Balaban J connectivity index is 1.93. The van der Waals surface area contributed by atoms with Gasteiger partial charge in [-0.25, -0.2) is 24.0 Å². The van der Waals surface area contributed by atoms with Gasteiger partial charge in [-0.1, -0.05) is 25.4 Å². The largest absolute Gasteiger partial charge is 0.465 e. The number of piperazine rings is 1. The molecule has 1 atom stereocenters. The van der Waals surface area contributed by atoms with E-state index < -0.39 is 11.9 Å². The van der Waals surface area contributed by atoms with Crippen molar-refractivity contribution in [3.8, 4) is 0 Å². The third-order valence-electron chi connectivity index (χ3n) is 5.96. The molecule has 1 N–H and O–H groups in total. The fourth-order valence-corrected chi connectivity index (χ4v) is 5.03. The van der Waals surface area contributed by atoms with Gasteiger partial charge in [0.25, 0.3) is 0 Å². The molecule has 184 valence electrons. The van der Waals surface area contributed by atoms with E-state index in [4.69, 9.17) is 11.6 Å². The van der Waals surface area contributed by atoms with Crippen molar-refractivity contribution < 1.29 is 19.1 Å². The first kappa shape index (κ1) is 25.0. The predicted molar refractivity (Wildman–Crippen MR) is 133 cm³/mol. The number of amidine groups is 1. The van der Waals surface area contributed by atoms with Crippen LogP contribution in [0.4, 0.5) is 20.7 Å². The quantitative estimate of drug-likeness (QED) is 0.363. The number of aromatic nitrogens is 2. The maximum atomic E-state index is 14.7. The summed E-state index contributed by atoms with van der Waals surface area (Å²) in [5.74, 6) is 1.67. The summed E-state index contributed by atoms with van der Waals surface area (Å²) in [7, 11) is 0. The molecule has 4 heterocycles. The Morgan fingerprint density at radius 1 is 1.37 bits per heavy atom. The number of hydrogen-bond donors (Lipinski definition) is 1. The highest BCUT2D eigenvalue weighted by Crippen LogP contribution is 2.44. The SMILES string of the molecule is CSc1ccnc(C(C)C)c1N1C(=C=O)N=C(N2CCN(C(=O)O)C[C@@H]2C)c2cc(F)c(Cl)nc21. The summed E-state index contributed by atoms with van der Waals surface area (Å²) < 4.78 is 14.7. The number of amides is 1. The van der Waals surface area contributed by atoms with E-state index in [1.165, 1.54) is 27.6 Å². The van der Waals surface area contributed by atoms with E-state index in [1.54, 1.807) is 6.20 Å². The number of carbonyl (C=O) groups excluding carboxylic acids is 1. The van der Waals surface area contributed by atoms with E-state index >= 15 is 0 Å². The van der Waals surface area contributed by atoms with Crippen molar-refractivity contribution >= 4 is 52.7 Å². The van der Waals surface area contributed by atoms with Crippen LogP contribution in [-0.4, -0.2) is 74.7 Å². The van der Waals surface area contributed by atoms with E-state index in [9.17, 15) is 19.1 Å². The molecular weight excluding hydrogens is 495 g/mol. The number of fused-ring (bicyclic) bond motifs is 1. The Morgan fingerprint density at radius 2 is 2.11 bits per heavy atom. The number of anilines is 2. The minimum Gasteiger partial charge on any atom is -0.465 e. The van der Waals surface area contributed by atoms with Crippen LogP contribution in [0.15, 0.2) is 34.0 Å². The van der Waals surface area contributed by atoms with Crippen LogP contribution in [0, 0.1) is 5.82 Å².